The van der Waals surface area contributed by atoms with Crippen LogP contribution in [0.2, 0.25) is 0 Å². The molecule has 0 saturated carbocycles. The third-order valence-corrected chi connectivity index (χ3v) is 3.52. The molecule has 1 heterocycles. The first kappa shape index (κ1) is 9.42. The molecule has 1 aliphatic rings. The molecule has 3 heteroatoms. The van der Waals surface area contributed by atoms with Crippen LogP contribution in [0.4, 0.5) is 5.69 Å². The van der Waals surface area contributed by atoms with E-state index in [1.54, 1.807) is 11.8 Å². The molecule has 0 radical (unpaired) electrons. The van der Waals surface area contributed by atoms with Gasteiger partial charge in [-0.1, -0.05) is 19.1 Å². The zero-order valence-corrected chi connectivity index (χ0v) is 8.90. The number of aryl methyl sites for hydroxylation is 1. The highest BCUT2D eigenvalue weighted by molar-refractivity contribution is 7.99. The summed E-state index contributed by atoms with van der Waals surface area (Å²) in [4.78, 5) is 1.27. The average molecular weight is 204 g/mol. The summed E-state index contributed by atoms with van der Waals surface area (Å²) in [5.74, 6) is 0.844. The van der Waals surface area contributed by atoms with Gasteiger partial charge in [-0.15, -0.1) is 11.8 Å². The molecule has 0 aromatic heterocycles. The lowest BCUT2D eigenvalue weighted by Gasteiger charge is -2.23. The molecule has 1 aromatic carbocycles. The second-order valence-corrected chi connectivity index (χ2v) is 4.34. The molecule has 1 aliphatic heterocycles. The minimum Gasteiger partial charge on any atom is -0.368 e. The van der Waals surface area contributed by atoms with E-state index in [9.17, 15) is 0 Å². The number of nitriles is 1. The van der Waals surface area contributed by atoms with Crippen LogP contribution in [0.3, 0.4) is 0 Å². The van der Waals surface area contributed by atoms with Gasteiger partial charge in [-0.05, 0) is 18.1 Å². The van der Waals surface area contributed by atoms with Gasteiger partial charge in [0, 0.05) is 10.6 Å². The molecule has 14 heavy (non-hydrogen) atoms. The smallest absolute Gasteiger partial charge is 0.124 e. The van der Waals surface area contributed by atoms with Crippen LogP contribution in [0.5, 0.6) is 0 Å². The summed E-state index contributed by atoms with van der Waals surface area (Å²) in [5, 5.41) is 12.1. The monoisotopic (exact) mass is 204 g/mol. The SMILES string of the molecule is CCc1cccc2c1NC(C#N)CS2. The van der Waals surface area contributed by atoms with Crippen molar-refractivity contribution >= 4 is 17.4 Å². The molecular formula is C11H12N2S. The van der Waals surface area contributed by atoms with E-state index in [1.165, 1.54) is 10.5 Å². The lowest BCUT2D eigenvalue weighted by atomic mass is 10.1. The molecule has 0 spiro atoms. The first-order valence-corrected chi connectivity index (χ1v) is 5.74. The Balaban J connectivity index is 2.38. The number of benzene rings is 1. The minimum atomic E-state index is -0.0415. The van der Waals surface area contributed by atoms with Gasteiger partial charge in [0.05, 0.1) is 11.8 Å². The Morgan fingerprint density at radius 2 is 2.50 bits per heavy atom. The zero-order chi connectivity index (χ0) is 9.97. The first-order chi connectivity index (χ1) is 6.85. The first-order valence-electron chi connectivity index (χ1n) is 4.76. The fourth-order valence-corrected chi connectivity index (χ4v) is 2.63. The van der Waals surface area contributed by atoms with E-state index < -0.39 is 0 Å². The normalized spacial score (nSPS) is 19.3. The molecular weight excluding hydrogens is 192 g/mol. The molecule has 0 bridgehead atoms. The molecule has 2 rings (SSSR count). The molecule has 1 aromatic rings. The zero-order valence-electron chi connectivity index (χ0n) is 8.08. The Morgan fingerprint density at radius 3 is 3.21 bits per heavy atom. The van der Waals surface area contributed by atoms with Crippen LogP contribution >= 0.6 is 11.8 Å². The third-order valence-electron chi connectivity index (χ3n) is 2.37. The van der Waals surface area contributed by atoms with E-state index in [2.05, 4.69) is 36.5 Å². The summed E-state index contributed by atoms with van der Waals surface area (Å²) < 4.78 is 0. The summed E-state index contributed by atoms with van der Waals surface area (Å²) >= 11 is 1.77. The van der Waals surface area contributed by atoms with Gasteiger partial charge in [-0.2, -0.15) is 5.26 Å². The van der Waals surface area contributed by atoms with Crippen molar-refractivity contribution in [1.29, 1.82) is 5.26 Å². The molecule has 1 atom stereocenters. The van der Waals surface area contributed by atoms with Crippen LogP contribution < -0.4 is 5.32 Å². The Labute approximate surface area is 88.3 Å². The minimum absolute atomic E-state index is 0.0415. The lowest BCUT2D eigenvalue weighted by molar-refractivity contribution is 0.978. The Bertz CT molecular complexity index is 367. The molecule has 0 amide bonds. The van der Waals surface area contributed by atoms with Gasteiger partial charge in [0.15, 0.2) is 0 Å². The molecule has 1 N–H and O–H groups in total. The van der Waals surface area contributed by atoms with Crippen LogP contribution in [-0.2, 0) is 6.42 Å². The van der Waals surface area contributed by atoms with E-state index >= 15 is 0 Å². The van der Waals surface area contributed by atoms with Crippen molar-refractivity contribution in [3.05, 3.63) is 23.8 Å². The van der Waals surface area contributed by atoms with E-state index in [1.807, 2.05) is 0 Å². The lowest BCUT2D eigenvalue weighted by Crippen LogP contribution is -2.24. The van der Waals surface area contributed by atoms with E-state index in [4.69, 9.17) is 5.26 Å². The van der Waals surface area contributed by atoms with Crippen molar-refractivity contribution in [3.63, 3.8) is 0 Å². The highest BCUT2D eigenvalue weighted by atomic mass is 32.2. The van der Waals surface area contributed by atoms with Crippen molar-refractivity contribution < 1.29 is 0 Å². The topological polar surface area (TPSA) is 35.8 Å². The predicted octanol–water partition coefficient (Wildman–Crippen LogP) is 2.66. The fourth-order valence-electron chi connectivity index (χ4n) is 1.61. The van der Waals surface area contributed by atoms with Gasteiger partial charge in [-0.25, -0.2) is 0 Å². The molecule has 2 nitrogen and oxygen atoms in total. The van der Waals surface area contributed by atoms with Gasteiger partial charge in [0.1, 0.15) is 6.04 Å². The number of hydrogen-bond acceptors (Lipinski definition) is 3. The molecule has 0 fully saturated rings. The van der Waals surface area contributed by atoms with Gasteiger partial charge < -0.3 is 5.32 Å². The maximum atomic E-state index is 8.85. The van der Waals surface area contributed by atoms with Crippen LogP contribution in [0.15, 0.2) is 23.1 Å². The summed E-state index contributed by atoms with van der Waals surface area (Å²) in [6, 6.07) is 8.53. The molecule has 72 valence electrons. The Kier molecular flexibility index (Phi) is 2.64. The Hall–Kier alpha value is -1.14. The number of fused-ring (bicyclic) bond motifs is 1. The van der Waals surface area contributed by atoms with E-state index in [0.29, 0.717) is 0 Å². The predicted molar refractivity (Wildman–Crippen MR) is 59.6 cm³/mol. The van der Waals surface area contributed by atoms with E-state index in [0.717, 1.165) is 17.9 Å². The maximum Gasteiger partial charge on any atom is 0.124 e. The second-order valence-electron chi connectivity index (χ2n) is 3.28. The van der Waals surface area contributed by atoms with Gasteiger partial charge >= 0.3 is 0 Å². The largest absolute Gasteiger partial charge is 0.368 e. The number of hydrogen-bond donors (Lipinski definition) is 1. The summed E-state index contributed by atoms with van der Waals surface area (Å²) in [7, 11) is 0. The highest BCUT2D eigenvalue weighted by Crippen LogP contribution is 2.35. The number of para-hydroxylation sites is 1. The van der Waals surface area contributed by atoms with E-state index in [-0.39, 0.29) is 6.04 Å². The second kappa shape index (κ2) is 3.93. The standard InChI is InChI=1S/C11H12N2S/c1-2-8-4-3-5-10-11(8)13-9(6-12)7-14-10/h3-5,9,13H,2,7H2,1H3. The highest BCUT2D eigenvalue weighted by Gasteiger charge is 2.19. The summed E-state index contributed by atoms with van der Waals surface area (Å²) in [6.45, 7) is 2.14. The number of rotatable bonds is 1. The van der Waals surface area contributed by atoms with Crippen molar-refractivity contribution in [2.45, 2.75) is 24.3 Å². The van der Waals surface area contributed by atoms with Gasteiger partial charge in [0.25, 0.3) is 0 Å². The number of thioether (sulfide) groups is 1. The van der Waals surface area contributed by atoms with Crippen LogP contribution in [-0.4, -0.2) is 11.8 Å². The Morgan fingerprint density at radius 1 is 1.64 bits per heavy atom. The molecule has 1 unspecified atom stereocenters. The van der Waals surface area contributed by atoms with Crippen molar-refractivity contribution in [2.75, 3.05) is 11.1 Å². The van der Waals surface area contributed by atoms with Crippen LogP contribution in [0.25, 0.3) is 0 Å². The number of nitrogens with zero attached hydrogens (tertiary/aromatic N) is 1. The van der Waals surface area contributed by atoms with Crippen molar-refractivity contribution in [2.24, 2.45) is 0 Å². The number of nitrogens with one attached hydrogen (secondary N) is 1. The summed E-state index contributed by atoms with van der Waals surface area (Å²) in [5.41, 5.74) is 2.47. The number of anilines is 1. The van der Waals surface area contributed by atoms with Crippen LogP contribution in [0.1, 0.15) is 12.5 Å². The molecule has 0 saturated heterocycles. The van der Waals surface area contributed by atoms with Crippen molar-refractivity contribution in [1.82, 2.24) is 0 Å². The van der Waals surface area contributed by atoms with Crippen molar-refractivity contribution in [3.8, 4) is 6.07 Å². The van der Waals surface area contributed by atoms with Crippen LogP contribution in [0, 0.1) is 11.3 Å². The van der Waals surface area contributed by atoms with Gasteiger partial charge in [-0.3, -0.25) is 0 Å². The third kappa shape index (κ3) is 1.58. The quantitative estimate of drug-likeness (QED) is 0.764. The molecule has 0 aliphatic carbocycles. The average Bonchev–Trinajstić information content (AvgIpc) is 2.27. The van der Waals surface area contributed by atoms with Gasteiger partial charge in [0.2, 0.25) is 0 Å². The summed E-state index contributed by atoms with van der Waals surface area (Å²) in [6.07, 6.45) is 1.01. The maximum absolute atomic E-state index is 8.85. The fraction of sp³-hybridized carbons (Fsp3) is 0.364.